The summed E-state index contributed by atoms with van der Waals surface area (Å²) in [6.07, 6.45) is 74.2. The van der Waals surface area contributed by atoms with Gasteiger partial charge in [-0.25, -0.2) is 0 Å². The Morgan fingerprint density at radius 2 is 0.789 bits per heavy atom. The molecule has 0 radical (unpaired) electrons. The van der Waals surface area contributed by atoms with Crippen molar-refractivity contribution < 1.29 is 15.0 Å². The molecule has 0 spiro atoms. The van der Waals surface area contributed by atoms with Gasteiger partial charge in [-0.2, -0.15) is 0 Å². The van der Waals surface area contributed by atoms with Gasteiger partial charge in [0, 0.05) is 6.42 Å². The molecule has 320 valence electrons. The van der Waals surface area contributed by atoms with Crippen LogP contribution in [-0.4, -0.2) is 34.9 Å². The first kappa shape index (κ1) is 53.5. The summed E-state index contributed by atoms with van der Waals surface area (Å²) in [5.74, 6) is -0.138. The second kappa shape index (κ2) is 46.9. The summed E-state index contributed by atoms with van der Waals surface area (Å²) in [5.41, 5.74) is 0. The van der Waals surface area contributed by atoms with Crippen LogP contribution in [0.1, 0.15) is 174 Å². The van der Waals surface area contributed by atoms with Gasteiger partial charge in [-0.05, 0) is 96.3 Å². The fraction of sp³-hybridized carbons (Fsp3) is 0.566. The number of nitrogens with one attached hydrogen (secondary N) is 1. The maximum Gasteiger partial charge on any atom is 0.220 e. The average molecular weight is 784 g/mol. The molecule has 2 unspecified atom stereocenters. The number of amides is 1. The number of hydrogen-bond donors (Lipinski definition) is 3. The molecule has 2 atom stereocenters. The SMILES string of the molecule is CC/C=C\C/C=C\C/C=C\C/C=C\C/C=C\C/C=C\C/C=C\C/C=C\C/C=C\CCCC(=O)NC(CO)C(O)/C=C/CC/C=C/CCCCCCCCCCCC. The van der Waals surface area contributed by atoms with E-state index in [0.717, 1.165) is 89.9 Å². The monoisotopic (exact) mass is 784 g/mol. The Balaban J connectivity index is 3.82. The molecule has 0 aliphatic rings. The van der Waals surface area contributed by atoms with Crippen molar-refractivity contribution >= 4 is 5.91 Å². The summed E-state index contributed by atoms with van der Waals surface area (Å²) in [4.78, 5) is 12.4. The Morgan fingerprint density at radius 1 is 0.439 bits per heavy atom. The van der Waals surface area contributed by atoms with Gasteiger partial charge >= 0.3 is 0 Å². The van der Waals surface area contributed by atoms with E-state index >= 15 is 0 Å². The van der Waals surface area contributed by atoms with E-state index in [1.54, 1.807) is 6.08 Å². The molecule has 1 amide bonds. The molecule has 0 heterocycles. The highest BCUT2D eigenvalue weighted by atomic mass is 16.3. The van der Waals surface area contributed by atoms with Crippen LogP contribution in [0.15, 0.2) is 134 Å². The maximum absolute atomic E-state index is 12.4. The molecule has 0 rings (SSSR count). The molecule has 0 aromatic carbocycles. The predicted octanol–water partition coefficient (Wildman–Crippen LogP) is 14.7. The van der Waals surface area contributed by atoms with Gasteiger partial charge in [-0.15, -0.1) is 0 Å². The van der Waals surface area contributed by atoms with E-state index in [1.807, 2.05) is 6.08 Å². The molecule has 0 aromatic rings. The van der Waals surface area contributed by atoms with Crippen molar-refractivity contribution in [3.63, 3.8) is 0 Å². The average Bonchev–Trinajstić information content (AvgIpc) is 3.22. The minimum atomic E-state index is -0.896. The number of unbranched alkanes of at least 4 members (excludes halogenated alkanes) is 12. The van der Waals surface area contributed by atoms with Crippen LogP contribution in [0.4, 0.5) is 0 Å². The lowest BCUT2D eigenvalue weighted by molar-refractivity contribution is -0.122. The topological polar surface area (TPSA) is 69.6 Å². The molecule has 0 fully saturated rings. The number of allylic oxidation sites excluding steroid dienone is 21. The minimum absolute atomic E-state index is 0.138. The lowest BCUT2D eigenvalue weighted by Gasteiger charge is -2.19. The lowest BCUT2D eigenvalue weighted by Crippen LogP contribution is -2.45. The zero-order valence-corrected chi connectivity index (χ0v) is 36.5. The molecule has 4 nitrogen and oxygen atoms in total. The predicted molar refractivity (Wildman–Crippen MR) is 252 cm³/mol. The zero-order valence-electron chi connectivity index (χ0n) is 36.5. The molecule has 0 aromatic heterocycles. The molecular weight excluding hydrogens is 699 g/mol. The molecule has 3 N–H and O–H groups in total. The third-order valence-electron chi connectivity index (χ3n) is 9.37. The number of aliphatic hydroxyl groups excluding tert-OH is 2. The fourth-order valence-electron chi connectivity index (χ4n) is 5.90. The smallest absolute Gasteiger partial charge is 0.220 e. The summed E-state index contributed by atoms with van der Waals surface area (Å²) < 4.78 is 0. The second-order valence-corrected chi connectivity index (χ2v) is 14.7. The van der Waals surface area contributed by atoms with Crippen LogP contribution >= 0.6 is 0 Å². The third-order valence-corrected chi connectivity index (χ3v) is 9.37. The van der Waals surface area contributed by atoms with Crippen LogP contribution in [-0.2, 0) is 4.79 Å². The number of rotatable bonds is 39. The molecular formula is C53H85NO3. The molecule has 0 bridgehead atoms. The van der Waals surface area contributed by atoms with Gasteiger partial charge in [-0.3, -0.25) is 4.79 Å². The summed E-state index contributed by atoms with van der Waals surface area (Å²) >= 11 is 0. The van der Waals surface area contributed by atoms with E-state index in [2.05, 4.69) is 141 Å². The van der Waals surface area contributed by atoms with Crippen molar-refractivity contribution in [2.75, 3.05) is 6.61 Å². The van der Waals surface area contributed by atoms with Gasteiger partial charge in [0.1, 0.15) is 0 Å². The van der Waals surface area contributed by atoms with Gasteiger partial charge in [0.15, 0.2) is 0 Å². The van der Waals surface area contributed by atoms with Gasteiger partial charge < -0.3 is 15.5 Å². The number of hydrogen-bond acceptors (Lipinski definition) is 3. The van der Waals surface area contributed by atoms with Gasteiger partial charge in [0.2, 0.25) is 5.91 Å². The van der Waals surface area contributed by atoms with Crippen molar-refractivity contribution in [1.29, 1.82) is 0 Å². The Kier molecular flexibility index (Phi) is 44.1. The van der Waals surface area contributed by atoms with Crippen LogP contribution < -0.4 is 5.32 Å². The molecule has 4 heteroatoms. The zero-order chi connectivity index (χ0) is 41.4. The van der Waals surface area contributed by atoms with Crippen molar-refractivity contribution in [2.24, 2.45) is 0 Å². The summed E-state index contributed by atoms with van der Waals surface area (Å²) in [6, 6.07) is -0.680. The minimum Gasteiger partial charge on any atom is -0.394 e. The normalized spacial score (nSPS) is 14.2. The Morgan fingerprint density at radius 3 is 1.23 bits per heavy atom. The first-order valence-corrected chi connectivity index (χ1v) is 22.9. The van der Waals surface area contributed by atoms with Gasteiger partial charge in [-0.1, -0.05) is 205 Å². The Labute approximate surface area is 351 Å². The van der Waals surface area contributed by atoms with E-state index in [9.17, 15) is 15.0 Å². The van der Waals surface area contributed by atoms with Crippen LogP contribution in [0, 0.1) is 0 Å². The lowest BCUT2D eigenvalue weighted by atomic mass is 10.1. The van der Waals surface area contributed by atoms with Crippen LogP contribution in [0.3, 0.4) is 0 Å². The van der Waals surface area contributed by atoms with E-state index in [-0.39, 0.29) is 12.5 Å². The van der Waals surface area contributed by atoms with Crippen molar-refractivity contribution in [3.8, 4) is 0 Å². The summed E-state index contributed by atoms with van der Waals surface area (Å²) in [7, 11) is 0. The van der Waals surface area contributed by atoms with Gasteiger partial charge in [0.05, 0.1) is 18.8 Å². The summed E-state index contributed by atoms with van der Waals surface area (Å²) in [6.45, 7) is 4.14. The fourth-order valence-corrected chi connectivity index (χ4v) is 5.90. The highest BCUT2D eigenvalue weighted by Crippen LogP contribution is 2.12. The van der Waals surface area contributed by atoms with Crippen LogP contribution in [0.2, 0.25) is 0 Å². The second-order valence-electron chi connectivity index (χ2n) is 14.7. The van der Waals surface area contributed by atoms with Crippen molar-refractivity contribution in [3.05, 3.63) is 134 Å². The molecule has 0 aliphatic carbocycles. The largest absolute Gasteiger partial charge is 0.394 e. The standard InChI is InChI=1S/C53H85NO3/c1-3-5-7-9-11-13-15-17-19-21-22-23-24-25-26-27-28-29-30-31-32-33-35-37-39-41-43-45-47-49-53(57)54-51(50-55)52(56)48-46-44-42-40-38-36-34-20-18-16-14-12-10-8-6-4-2/h5,7,11,13,17,19,22-23,25-26,28-29,31-32,35,37-38,40-41,43,46,48,51-52,55-56H,3-4,6,8-10,12,14-16,18,20-21,24,27,30,33-34,36,39,42,44-45,47,49-50H2,1-2H3,(H,54,57)/b7-5-,13-11-,19-17-,23-22-,26-25-,29-28-,32-31-,37-35-,40-38+,43-41-,48-46+. The summed E-state index contributed by atoms with van der Waals surface area (Å²) in [5, 5.41) is 22.9. The van der Waals surface area contributed by atoms with E-state index in [1.165, 1.54) is 64.2 Å². The highest BCUT2D eigenvalue weighted by Gasteiger charge is 2.17. The molecule has 0 saturated heterocycles. The molecule has 0 aliphatic heterocycles. The Hall–Kier alpha value is -3.47. The van der Waals surface area contributed by atoms with Crippen LogP contribution in [0.25, 0.3) is 0 Å². The number of aliphatic hydroxyl groups is 2. The Bertz CT molecular complexity index is 1210. The molecule has 57 heavy (non-hydrogen) atoms. The first-order valence-electron chi connectivity index (χ1n) is 22.9. The van der Waals surface area contributed by atoms with Gasteiger partial charge in [0.25, 0.3) is 0 Å². The number of carbonyl (C=O) groups is 1. The first-order chi connectivity index (χ1) is 28.2. The van der Waals surface area contributed by atoms with Crippen molar-refractivity contribution in [2.45, 2.75) is 187 Å². The van der Waals surface area contributed by atoms with Crippen molar-refractivity contribution in [1.82, 2.24) is 5.32 Å². The quantitative estimate of drug-likeness (QED) is 0.0429. The van der Waals surface area contributed by atoms with E-state index in [4.69, 9.17) is 0 Å². The maximum atomic E-state index is 12.4. The third kappa shape index (κ3) is 43.5. The van der Waals surface area contributed by atoms with Crippen LogP contribution in [0.5, 0.6) is 0 Å². The highest BCUT2D eigenvalue weighted by molar-refractivity contribution is 5.76. The van der Waals surface area contributed by atoms with E-state index in [0.29, 0.717) is 6.42 Å². The molecule has 0 saturated carbocycles. The number of carbonyl (C=O) groups excluding carboxylic acids is 1. The van der Waals surface area contributed by atoms with E-state index < -0.39 is 12.1 Å².